The number of carbonyl (C=O) groups is 2. The van der Waals surface area contributed by atoms with Crippen molar-refractivity contribution in [3.05, 3.63) is 35.5 Å². The molecule has 2 aromatic rings. The van der Waals surface area contributed by atoms with Crippen LogP contribution in [0.2, 0.25) is 0 Å². The van der Waals surface area contributed by atoms with Gasteiger partial charge in [-0.1, -0.05) is 6.42 Å². The molecule has 1 aliphatic carbocycles. The van der Waals surface area contributed by atoms with Crippen molar-refractivity contribution < 1.29 is 19.4 Å². The number of aliphatic carboxylic acids is 1. The number of amides is 1. The van der Waals surface area contributed by atoms with Gasteiger partial charge in [-0.15, -0.1) is 0 Å². The number of carboxylic acid groups (broad SMARTS) is 1. The molecule has 1 amide bonds. The van der Waals surface area contributed by atoms with Gasteiger partial charge in [0.05, 0.1) is 29.3 Å². The van der Waals surface area contributed by atoms with Gasteiger partial charge in [0.1, 0.15) is 5.75 Å². The summed E-state index contributed by atoms with van der Waals surface area (Å²) < 4.78 is 5.23. The smallest absolute Gasteiger partial charge is 0.311 e. The number of nitrogens with zero attached hydrogens (tertiary/aromatic N) is 2. The monoisotopic (exact) mass is 354 g/mol. The van der Waals surface area contributed by atoms with Crippen molar-refractivity contribution in [2.24, 2.45) is 11.3 Å². The lowest BCUT2D eigenvalue weighted by molar-refractivity contribution is -0.149. The number of carboxylic acids is 1. The molecular weight excluding hydrogens is 332 g/mol. The van der Waals surface area contributed by atoms with E-state index in [9.17, 15) is 14.7 Å². The first-order chi connectivity index (χ1) is 12.4. The first-order valence-electron chi connectivity index (χ1n) is 8.93. The molecule has 1 saturated carbocycles. The van der Waals surface area contributed by atoms with E-state index in [1.807, 2.05) is 31.2 Å². The van der Waals surface area contributed by atoms with Crippen LogP contribution in [0.15, 0.2) is 24.3 Å². The van der Waals surface area contributed by atoms with E-state index >= 15 is 0 Å². The van der Waals surface area contributed by atoms with Gasteiger partial charge in [-0.25, -0.2) is 0 Å². The molecule has 2 fully saturated rings. The number of ether oxygens (including phenoxy) is 1. The summed E-state index contributed by atoms with van der Waals surface area (Å²) in [7, 11) is 1.61. The Morgan fingerprint density at radius 2 is 2.15 bits per heavy atom. The molecule has 6 heteroatoms. The molecule has 4 rings (SSSR count). The number of pyridine rings is 1. The van der Waals surface area contributed by atoms with Gasteiger partial charge < -0.3 is 14.7 Å². The Balaban J connectivity index is 1.67. The second-order valence-electron chi connectivity index (χ2n) is 7.42. The average Bonchev–Trinajstić information content (AvgIpc) is 3.18. The maximum absolute atomic E-state index is 13.1. The van der Waals surface area contributed by atoms with E-state index < -0.39 is 11.4 Å². The number of likely N-dealkylation sites (tertiary alicyclic amines) is 1. The van der Waals surface area contributed by atoms with Crippen LogP contribution in [-0.2, 0) is 4.79 Å². The Hall–Kier alpha value is -2.63. The Morgan fingerprint density at radius 3 is 2.85 bits per heavy atom. The van der Waals surface area contributed by atoms with E-state index in [2.05, 4.69) is 4.98 Å². The molecule has 0 radical (unpaired) electrons. The molecule has 0 bridgehead atoms. The van der Waals surface area contributed by atoms with Crippen LogP contribution >= 0.6 is 0 Å². The fourth-order valence-electron chi connectivity index (χ4n) is 4.55. The maximum atomic E-state index is 13.1. The van der Waals surface area contributed by atoms with Crippen LogP contribution in [0.1, 0.15) is 35.3 Å². The number of methoxy groups -OCH3 is 1. The molecule has 1 aromatic carbocycles. The third-order valence-electron chi connectivity index (χ3n) is 6.03. The van der Waals surface area contributed by atoms with Crippen molar-refractivity contribution in [1.82, 2.24) is 9.88 Å². The van der Waals surface area contributed by atoms with Crippen LogP contribution in [0.3, 0.4) is 0 Å². The zero-order chi connectivity index (χ0) is 18.5. The zero-order valence-electron chi connectivity index (χ0n) is 15.0. The minimum Gasteiger partial charge on any atom is -0.497 e. The van der Waals surface area contributed by atoms with Crippen LogP contribution in [0.5, 0.6) is 5.75 Å². The van der Waals surface area contributed by atoms with E-state index in [1.165, 1.54) is 0 Å². The van der Waals surface area contributed by atoms with E-state index in [0.29, 0.717) is 30.8 Å². The first-order valence-corrected chi connectivity index (χ1v) is 8.93. The van der Waals surface area contributed by atoms with Crippen molar-refractivity contribution in [1.29, 1.82) is 0 Å². The summed E-state index contributed by atoms with van der Waals surface area (Å²) in [6.07, 6.45) is 2.47. The highest BCUT2D eigenvalue weighted by Gasteiger charge is 2.55. The van der Waals surface area contributed by atoms with E-state index in [4.69, 9.17) is 4.74 Å². The van der Waals surface area contributed by atoms with Crippen LogP contribution < -0.4 is 4.74 Å². The average molecular weight is 354 g/mol. The highest BCUT2D eigenvalue weighted by molar-refractivity contribution is 5.99. The quantitative estimate of drug-likeness (QED) is 0.917. The standard InChI is InChI=1S/C20H22N2O4/c1-12-16(8-13-5-6-15(26-2)9-17(13)21-12)18(23)22-10-14-4-3-7-20(14,11-22)19(24)25/h5-6,8-9,14H,3-4,7,10-11H2,1-2H3,(H,24,25)/t14-,20+/m0/s1. The highest BCUT2D eigenvalue weighted by atomic mass is 16.5. The van der Waals surface area contributed by atoms with Gasteiger partial charge in [0.2, 0.25) is 0 Å². The maximum Gasteiger partial charge on any atom is 0.311 e. The number of rotatable bonds is 3. The van der Waals surface area contributed by atoms with Crippen molar-refractivity contribution in [3.8, 4) is 5.75 Å². The predicted molar refractivity (Wildman–Crippen MR) is 96.3 cm³/mol. The summed E-state index contributed by atoms with van der Waals surface area (Å²) in [6.45, 7) is 2.63. The van der Waals surface area contributed by atoms with Crippen LogP contribution in [0.4, 0.5) is 0 Å². The summed E-state index contributed by atoms with van der Waals surface area (Å²) in [5, 5.41) is 10.6. The molecule has 2 aliphatic rings. The Morgan fingerprint density at radius 1 is 1.35 bits per heavy atom. The number of aryl methyl sites for hydroxylation is 1. The second kappa shape index (κ2) is 5.97. The third kappa shape index (κ3) is 2.43. The normalized spacial score (nSPS) is 24.7. The summed E-state index contributed by atoms with van der Waals surface area (Å²) in [6, 6.07) is 7.42. The van der Waals surface area contributed by atoms with E-state index in [0.717, 1.165) is 29.5 Å². The van der Waals surface area contributed by atoms with Gasteiger partial charge >= 0.3 is 5.97 Å². The molecule has 2 heterocycles. The van der Waals surface area contributed by atoms with Gasteiger partial charge in [0, 0.05) is 24.5 Å². The van der Waals surface area contributed by atoms with Crippen LogP contribution in [0.25, 0.3) is 10.9 Å². The molecule has 1 N–H and O–H groups in total. The molecule has 1 saturated heterocycles. The largest absolute Gasteiger partial charge is 0.497 e. The lowest BCUT2D eigenvalue weighted by Crippen LogP contribution is -2.37. The number of carbonyl (C=O) groups excluding carboxylic acids is 1. The van der Waals surface area contributed by atoms with Gasteiger partial charge in [-0.05, 0) is 43.9 Å². The summed E-state index contributed by atoms with van der Waals surface area (Å²) in [5.41, 5.74) is 1.21. The summed E-state index contributed by atoms with van der Waals surface area (Å²) in [5.74, 6) is -0.111. The topological polar surface area (TPSA) is 79.7 Å². The molecule has 1 aliphatic heterocycles. The molecule has 26 heavy (non-hydrogen) atoms. The number of benzene rings is 1. The van der Waals surface area contributed by atoms with Crippen LogP contribution in [0, 0.1) is 18.3 Å². The lowest BCUT2D eigenvalue weighted by Gasteiger charge is -2.23. The molecule has 136 valence electrons. The third-order valence-corrected chi connectivity index (χ3v) is 6.03. The van der Waals surface area contributed by atoms with E-state index in [1.54, 1.807) is 12.0 Å². The minimum atomic E-state index is -0.768. The van der Waals surface area contributed by atoms with Crippen molar-refractivity contribution in [2.75, 3.05) is 20.2 Å². The van der Waals surface area contributed by atoms with Gasteiger partial charge in [0.15, 0.2) is 0 Å². The molecule has 0 unspecified atom stereocenters. The van der Waals surface area contributed by atoms with Crippen molar-refractivity contribution in [2.45, 2.75) is 26.2 Å². The highest BCUT2D eigenvalue weighted by Crippen LogP contribution is 2.49. The van der Waals surface area contributed by atoms with Gasteiger partial charge in [0.25, 0.3) is 5.91 Å². The Bertz CT molecular complexity index is 910. The molecule has 2 atom stereocenters. The summed E-state index contributed by atoms with van der Waals surface area (Å²) >= 11 is 0. The fraction of sp³-hybridized carbons (Fsp3) is 0.450. The summed E-state index contributed by atoms with van der Waals surface area (Å²) in [4.78, 5) is 31.2. The fourth-order valence-corrected chi connectivity index (χ4v) is 4.55. The number of aromatic nitrogens is 1. The number of hydrogen-bond acceptors (Lipinski definition) is 4. The Labute approximate surface area is 151 Å². The number of fused-ring (bicyclic) bond motifs is 2. The first kappa shape index (κ1) is 16.8. The molecule has 0 spiro atoms. The van der Waals surface area contributed by atoms with Crippen LogP contribution in [-0.4, -0.2) is 47.1 Å². The lowest BCUT2D eigenvalue weighted by atomic mass is 9.81. The Kier molecular flexibility index (Phi) is 3.86. The van der Waals surface area contributed by atoms with Crippen molar-refractivity contribution in [3.63, 3.8) is 0 Å². The molecular formula is C20H22N2O4. The zero-order valence-corrected chi connectivity index (χ0v) is 15.0. The van der Waals surface area contributed by atoms with Gasteiger partial charge in [-0.3, -0.25) is 14.6 Å². The number of hydrogen-bond donors (Lipinski definition) is 1. The van der Waals surface area contributed by atoms with Gasteiger partial charge in [-0.2, -0.15) is 0 Å². The SMILES string of the molecule is COc1ccc2cc(C(=O)N3C[C@@H]4CCC[C@@]4(C(=O)O)C3)c(C)nc2c1. The second-order valence-corrected chi connectivity index (χ2v) is 7.42. The van der Waals surface area contributed by atoms with E-state index in [-0.39, 0.29) is 11.8 Å². The van der Waals surface area contributed by atoms with Crippen molar-refractivity contribution >= 4 is 22.8 Å². The molecule has 6 nitrogen and oxygen atoms in total. The predicted octanol–water partition coefficient (Wildman–Crippen LogP) is 2.88. The molecule has 1 aromatic heterocycles. The minimum absolute atomic E-state index is 0.0573.